The van der Waals surface area contributed by atoms with E-state index in [1.54, 1.807) is 24.3 Å². The summed E-state index contributed by atoms with van der Waals surface area (Å²) in [6, 6.07) is 6.47. The van der Waals surface area contributed by atoms with Crippen molar-refractivity contribution in [3.8, 4) is 0 Å². The highest BCUT2D eigenvalue weighted by Crippen LogP contribution is 2.05. The second-order valence-corrected chi connectivity index (χ2v) is 8.41. The molecule has 0 bridgehead atoms. The lowest BCUT2D eigenvalue weighted by Gasteiger charge is -2.07. The Labute approximate surface area is 112 Å². The fourth-order valence-corrected chi connectivity index (χ4v) is 4.34. The number of sulfonamides is 1. The van der Waals surface area contributed by atoms with Crippen LogP contribution in [0.2, 0.25) is 0 Å². The minimum absolute atomic E-state index is 0.0566. The molecule has 7 nitrogen and oxygen atoms in total. The molecule has 4 N–H and O–H groups in total. The number of hydrogen-bond donors (Lipinski definition) is 3. The van der Waals surface area contributed by atoms with Gasteiger partial charge in [0.25, 0.3) is 0 Å². The van der Waals surface area contributed by atoms with Crippen LogP contribution in [0.3, 0.4) is 0 Å². The summed E-state index contributed by atoms with van der Waals surface area (Å²) in [7, 11) is -7.51. The average Bonchev–Trinajstić information content (AvgIpc) is 2.24. The van der Waals surface area contributed by atoms with Crippen molar-refractivity contribution in [1.29, 1.82) is 5.41 Å². The molecule has 0 heterocycles. The van der Waals surface area contributed by atoms with E-state index < -0.39 is 24.9 Å². The predicted octanol–water partition coefficient (Wildman–Crippen LogP) is -0.608. The van der Waals surface area contributed by atoms with Gasteiger partial charge in [0, 0.05) is 18.4 Å². The van der Waals surface area contributed by atoms with Crippen LogP contribution in [0.25, 0.3) is 0 Å². The van der Waals surface area contributed by atoms with E-state index in [-0.39, 0.29) is 12.4 Å². The summed E-state index contributed by atoms with van der Waals surface area (Å²) in [5.74, 6) is -0.124. The van der Waals surface area contributed by atoms with Gasteiger partial charge in [0.05, 0.1) is 0 Å². The third-order valence-corrected chi connectivity index (χ3v) is 5.64. The zero-order valence-electron chi connectivity index (χ0n) is 10.3. The van der Waals surface area contributed by atoms with Crippen LogP contribution in [0.4, 0.5) is 0 Å². The third-order valence-electron chi connectivity index (χ3n) is 2.10. The number of sulfone groups is 1. The van der Waals surface area contributed by atoms with Gasteiger partial charge in [-0.25, -0.2) is 21.6 Å². The van der Waals surface area contributed by atoms with Gasteiger partial charge in [0.2, 0.25) is 10.0 Å². The topological polar surface area (TPSA) is 130 Å². The van der Waals surface area contributed by atoms with E-state index in [9.17, 15) is 16.8 Å². The highest BCUT2D eigenvalue weighted by Gasteiger charge is 2.17. The SMILES string of the molecule is CS(=O)(=O)CS(=O)(=O)NCc1cccc(C(=N)N)c1. The molecule has 0 saturated carbocycles. The lowest BCUT2D eigenvalue weighted by atomic mass is 10.1. The Morgan fingerprint density at radius 3 is 2.47 bits per heavy atom. The van der Waals surface area contributed by atoms with Gasteiger partial charge in [-0.3, -0.25) is 5.41 Å². The maximum absolute atomic E-state index is 11.5. The molecule has 0 radical (unpaired) electrons. The highest BCUT2D eigenvalue weighted by molar-refractivity contribution is 8.06. The first kappa shape index (κ1) is 15.6. The van der Waals surface area contributed by atoms with Crippen LogP contribution in [0.1, 0.15) is 11.1 Å². The quantitative estimate of drug-likeness (QED) is 0.477. The van der Waals surface area contributed by atoms with Crippen LogP contribution in [-0.2, 0) is 26.4 Å². The lowest BCUT2D eigenvalue weighted by Crippen LogP contribution is -2.29. The van der Waals surface area contributed by atoms with Gasteiger partial charge in [0.1, 0.15) is 5.84 Å². The van der Waals surface area contributed by atoms with Crippen molar-refractivity contribution in [1.82, 2.24) is 4.72 Å². The first-order chi connectivity index (χ1) is 8.59. The standard InChI is InChI=1S/C10H15N3O4S2/c1-18(14,15)7-19(16,17)13-6-8-3-2-4-9(5-8)10(11)12/h2-5,13H,6-7H2,1H3,(H3,11,12). The molecule has 0 atom stereocenters. The summed E-state index contributed by atoms with van der Waals surface area (Å²) in [5.41, 5.74) is 6.37. The van der Waals surface area contributed by atoms with Gasteiger partial charge >= 0.3 is 0 Å². The summed E-state index contributed by atoms with van der Waals surface area (Å²) >= 11 is 0. The summed E-state index contributed by atoms with van der Waals surface area (Å²) in [4.78, 5) is 0. The molecule has 1 rings (SSSR count). The van der Waals surface area contributed by atoms with Gasteiger partial charge in [-0.05, 0) is 11.6 Å². The van der Waals surface area contributed by atoms with Crippen LogP contribution in [0.5, 0.6) is 0 Å². The van der Waals surface area contributed by atoms with Crippen LogP contribution in [0.15, 0.2) is 24.3 Å². The molecule has 1 aromatic rings. The predicted molar refractivity (Wildman–Crippen MR) is 72.9 cm³/mol. The number of rotatable bonds is 6. The van der Waals surface area contributed by atoms with E-state index in [0.29, 0.717) is 11.1 Å². The maximum atomic E-state index is 11.5. The van der Waals surface area contributed by atoms with Crippen LogP contribution in [-0.4, -0.2) is 34.0 Å². The zero-order chi connectivity index (χ0) is 14.7. The largest absolute Gasteiger partial charge is 0.384 e. The normalized spacial score (nSPS) is 12.3. The second-order valence-electron chi connectivity index (χ2n) is 4.09. The van der Waals surface area contributed by atoms with E-state index in [1.165, 1.54) is 0 Å². The average molecular weight is 305 g/mol. The molecule has 0 amide bonds. The molecule has 0 unspecified atom stereocenters. The molecule has 0 aliphatic rings. The molecular formula is C10H15N3O4S2. The highest BCUT2D eigenvalue weighted by atomic mass is 32.3. The van der Waals surface area contributed by atoms with Crippen molar-refractivity contribution in [3.63, 3.8) is 0 Å². The number of nitrogens with two attached hydrogens (primary N) is 1. The van der Waals surface area contributed by atoms with Crippen molar-refractivity contribution in [3.05, 3.63) is 35.4 Å². The molecule has 106 valence electrons. The van der Waals surface area contributed by atoms with E-state index in [2.05, 4.69) is 4.72 Å². The van der Waals surface area contributed by atoms with Crippen molar-refractivity contribution >= 4 is 25.7 Å². The molecule has 0 spiro atoms. The van der Waals surface area contributed by atoms with Gasteiger partial charge in [-0.2, -0.15) is 0 Å². The van der Waals surface area contributed by atoms with E-state index in [0.717, 1.165) is 6.26 Å². The summed E-state index contributed by atoms with van der Waals surface area (Å²) < 4.78 is 47.0. The molecule has 0 fully saturated rings. The first-order valence-corrected chi connectivity index (χ1v) is 8.89. The Kier molecular flexibility index (Phi) is 4.66. The smallest absolute Gasteiger partial charge is 0.226 e. The molecule has 0 aliphatic heterocycles. The van der Waals surface area contributed by atoms with Crippen molar-refractivity contribution in [2.75, 3.05) is 11.3 Å². The van der Waals surface area contributed by atoms with Crippen LogP contribution >= 0.6 is 0 Å². The summed E-state index contributed by atoms with van der Waals surface area (Å²) in [6.45, 7) is -0.0566. The first-order valence-electron chi connectivity index (χ1n) is 5.17. The van der Waals surface area contributed by atoms with Crippen molar-refractivity contribution in [2.45, 2.75) is 6.54 Å². The Hall–Kier alpha value is -1.45. The fraction of sp³-hybridized carbons (Fsp3) is 0.300. The lowest BCUT2D eigenvalue weighted by molar-refractivity contribution is 0.580. The molecule has 1 aromatic carbocycles. The Morgan fingerprint density at radius 1 is 1.32 bits per heavy atom. The Bertz CT molecular complexity index is 680. The van der Waals surface area contributed by atoms with E-state index in [4.69, 9.17) is 11.1 Å². The van der Waals surface area contributed by atoms with E-state index >= 15 is 0 Å². The van der Waals surface area contributed by atoms with Crippen molar-refractivity contribution in [2.24, 2.45) is 5.73 Å². The minimum atomic E-state index is -3.89. The molecule has 0 aromatic heterocycles. The fourth-order valence-electron chi connectivity index (χ4n) is 1.37. The number of benzene rings is 1. The number of amidine groups is 1. The number of nitrogens with one attached hydrogen (secondary N) is 2. The zero-order valence-corrected chi connectivity index (χ0v) is 11.9. The molecule has 0 aliphatic carbocycles. The molecule has 19 heavy (non-hydrogen) atoms. The third kappa shape index (κ3) is 5.81. The van der Waals surface area contributed by atoms with Gasteiger partial charge in [-0.15, -0.1) is 0 Å². The molecule has 9 heteroatoms. The second kappa shape index (κ2) is 5.68. The monoisotopic (exact) mass is 305 g/mol. The maximum Gasteiger partial charge on any atom is 0.226 e. The van der Waals surface area contributed by atoms with Gasteiger partial charge in [-0.1, -0.05) is 18.2 Å². The Balaban J connectivity index is 2.77. The number of hydrogen-bond acceptors (Lipinski definition) is 5. The number of nitrogen functional groups attached to an aromatic ring is 1. The van der Waals surface area contributed by atoms with Gasteiger partial charge in [0.15, 0.2) is 14.9 Å². The minimum Gasteiger partial charge on any atom is -0.384 e. The van der Waals surface area contributed by atoms with E-state index in [1.807, 2.05) is 0 Å². The van der Waals surface area contributed by atoms with Gasteiger partial charge < -0.3 is 5.73 Å². The summed E-state index contributed by atoms with van der Waals surface area (Å²) in [6.07, 6.45) is 0.850. The van der Waals surface area contributed by atoms with Crippen LogP contribution in [0, 0.1) is 5.41 Å². The molecular weight excluding hydrogens is 290 g/mol. The van der Waals surface area contributed by atoms with Crippen LogP contribution < -0.4 is 10.5 Å². The Morgan fingerprint density at radius 2 is 1.95 bits per heavy atom. The van der Waals surface area contributed by atoms with Crippen molar-refractivity contribution < 1.29 is 16.8 Å². The summed E-state index contributed by atoms with van der Waals surface area (Å²) in [5, 5.41) is 6.31. The molecule has 0 saturated heterocycles.